The Hall–Kier alpha value is -4.84. The Labute approximate surface area is 261 Å². The molecule has 1 aliphatic heterocycles. The van der Waals surface area contributed by atoms with E-state index >= 15 is 0 Å². The summed E-state index contributed by atoms with van der Waals surface area (Å²) in [6, 6.07) is 22.5. The maximum Gasteiger partial charge on any atom is 0.158 e. The number of rotatable bonds is 11. The van der Waals surface area contributed by atoms with E-state index in [0.29, 0.717) is 12.4 Å². The number of nitrogens with one attached hydrogen (secondary N) is 2. The quantitative estimate of drug-likeness (QED) is 0.202. The largest absolute Gasteiger partial charge is 0.457 e. The summed E-state index contributed by atoms with van der Waals surface area (Å²) in [6.07, 6.45) is 8.98. The number of likely N-dealkylation sites (tertiary alicyclic amines) is 1. The van der Waals surface area contributed by atoms with E-state index in [1.807, 2.05) is 48.1 Å². The molecule has 11 nitrogen and oxygen atoms in total. The van der Waals surface area contributed by atoms with E-state index in [-0.39, 0.29) is 5.54 Å². The molecule has 0 spiro atoms. The van der Waals surface area contributed by atoms with Gasteiger partial charge in [-0.25, -0.2) is 19.0 Å². The Morgan fingerprint density at radius 3 is 2.51 bits per heavy atom. The van der Waals surface area contributed by atoms with Crippen LogP contribution in [0.25, 0.3) is 11.2 Å². The Kier molecular flexibility index (Phi) is 8.12. The smallest absolute Gasteiger partial charge is 0.158 e. The lowest BCUT2D eigenvalue weighted by Crippen LogP contribution is -2.55. The second-order valence-electron chi connectivity index (χ2n) is 11.7. The van der Waals surface area contributed by atoms with Crippen LogP contribution in [0.5, 0.6) is 11.5 Å². The van der Waals surface area contributed by atoms with Gasteiger partial charge in [-0.15, -0.1) is 0 Å². The fourth-order valence-electron chi connectivity index (χ4n) is 6.12. The summed E-state index contributed by atoms with van der Waals surface area (Å²) in [6.45, 7) is 6.34. The molecule has 0 unspecified atom stereocenters. The zero-order chi connectivity index (χ0) is 30.6. The minimum Gasteiger partial charge on any atom is -0.457 e. The molecule has 1 aliphatic rings. The molecular formula is C34H37N9O2. The number of nitrogens with zero attached hydrogens (tertiary/aromatic N) is 7. The van der Waals surface area contributed by atoms with Crippen molar-refractivity contribution in [3.8, 4) is 11.5 Å². The third kappa shape index (κ3) is 6.37. The molecule has 230 valence electrons. The highest BCUT2D eigenvalue weighted by atomic mass is 16.5. The topological polar surface area (TPSA) is 106 Å². The van der Waals surface area contributed by atoms with Gasteiger partial charge in [-0.3, -0.25) is 4.90 Å². The Bertz CT molecular complexity index is 1890. The number of benzene rings is 2. The summed E-state index contributed by atoms with van der Waals surface area (Å²) in [4.78, 5) is 11.4. The van der Waals surface area contributed by atoms with Crippen LogP contribution < -0.4 is 15.4 Å². The normalized spacial score (nSPS) is 15.1. The SMILES string of the molecule is COCC1(NCc2ccccc2)CCN(Cc2ccn3ncnc(Nc4ccc(Oc5ccn6ncnc6c5)c(C)c4)c23)CC1. The van der Waals surface area contributed by atoms with Crippen molar-refractivity contribution in [1.29, 1.82) is 0 Å². The first-order chi connectivity index (χ1) is 22.1. The molecule has 0 radical (unpaired) electrons. The fourth-order valence-corrected chi connectivity index (χ4v) is 6.12. The van der Waals surface area contributed by atoms with Gasteiger partial charge in [0.2, 0.25) is 0 Å². The van der Waals surface area contributed by atoms with Crippen LogP contribution >= 0.6 is 0 Å². The van der Waals surface area contributed by atoms with Gasteiger partial charge in [-0.2, -0.15) is 10.2 Å². The molecule has 11 heteroatoms. The van der Waals surface area contributed by atoms with E-state index < -0.39 is 0 Å². The Morgan fingerprint density at radius 2 is 1.69 bits per heavy atom. The predicted octanol–water partition coefficient (Wildman–Crippen LogP) is 5.39. The third-order valence-corrected chi connectivity index (χ3v) is 8.59. The summed E-state index contributed by atoms with van der Waals surface area (Å²) in [5.41, 5.74) is 6.08. The maximum absolute atomic E-state index is 6.16. The number of aromatic nitrogens is 6. The van der Waals surface area contributed by atoms with E-state index in [4.69, 9.17) is 9.47 Å². The fraction of sp³-hybridized carbons (Fsp3) is 0.294. The summed E-state index contributed by atoms with van der Waals surface area (Å²) < 4.78 is 15.4. The minimum absolute atomic E-state index is 0.0310. The van der Waals surface area contributed by atoms with Gasteiger partial charge in [-0.05, 0) is 66.8 Å². The Balaban J connectivity index is 1.03. The summed E-state index contributed by atoms with van der Waals surface area (Å²) in [7, 11) is 1.79. The molecule has 4 aromatic heterocycles. The van der Waals surface area contributed by atoms with Gasteiger partial charge in [0.1, 0.15) is 29.7 Å². The minimum atomic E-state index is -0.0310. The van der Waals surface area contributed by atoms with Crippen LogP contribution in [0.15, 0.2) is 91.8 Å². The number of pyridine rings is 1. The second kappa shape index (κ2) is 12.6. The van der Waals surface area contributed by atoms with Crippen molar-refractivity contribution in [1.82, 2.24) is 39.4 Å². The molecule has 45 heavy (non-hydrogen) atoms. The standard InChI is InChI=1S/C34H37N9O2/c1-25-18-28(8-9-30(25)45-29-11-15-42-31(19-29)35-23-38-42)40-33-32-27(10-14-43(32)39-24-36-33)21-41-16-12-34(13-17-41,22-44-2)37-20-26-6-4-3-5-7-26/h3-11,14-15,18-19,23-24,37H,12-13,16-17,20-22H2,1-2H3,(H,36,39,40). The summed E-state index contributed by atoms with van der Waals surface area (Å²) >= 11 is 0. The summed E-state index contributed by atoms with van der Waals surface area (Å²) in [5.74, 6) is 2.25. The first-order valence-corrected chi connectivity index (χ1v) is 15.2. The van der Waals surface area contributed by atoms with Crippen molar-refractivity contribution in [2.24, 2.45) is 0 Å². The average Bonchev–Trinajstić information content (AvgIpc) is 3.71. The van der Waals surface area contributed by atoms with Crippen molar-refractivity contribution in [2.75, 3.05) is 32.1 Å². The van der Waals surface area contributed by atoms with Crippen LogP contribution in [0, 0.1) is 6.92 Å². The average molecular weight is 604 g/mol. The second-order valence-corrected chi connectivity index (χ2v) is 11.7. The van der Waals surface area contributed by atoms with Gasteiger partial charge in [0, 0.05) is 63.0 Å². The number of anilines is 2. The van der Waals surface area contributed by atoms with E-state index in [1.54, 1.807) is 18.0 Å². The highest BCUT2D eigenvalue weighted by Crippen LogP contribution is 2.31. The molecule has 0 atom stereocenters. The predicted molar refractivity (Wildman–Crippen MR) is 173 cm³/mol. The molecule has 2 N–H and O–H groups in total. The number of methoxy groups -OCH3 is 1. The van der Waals surface area contributed by atoms with Gasteiger partial charge >= 0.3 is 0 Å². The first kappa shape index (κ1) is 28.9. The van der Waals surface area contributed by atoms with Gasteiger partial charge in [-0.1, -0.05) is 30.3 Å². The number of hydrogen-bond donors (Lipinski definition) is 2. The van der Waals surface area contributed by atoms with Crippen LogP contribution in [0.4, 0.5) is 11.5 Å². The molecule has 0 amide bonds. The lowest BCUT2D eigenvalue weighted by Gasteiger charge is -2.42. The van der Waals surface area contributed by atoms with Crippen LogP contribution in [-0.2, 0) is 17.8 Å². The molecule has 0 saturated carbocycles. The molecule has 0 bridgehead atoms. The monoisotopic (exact) mass is 603 g/mol. The van der Waals surface area contributed by atoms with Gasteiger partial charge < -0.3 is 20.1 Å². The molecule has 7 rings (SSSR count). The van der Waals surface area contributed by atoms with Crippen molar-refractivity contribution in [2.45, 2.75) is 38.4 Å². The van der Waals surface area contributed by atoms with Crippen molar-refractivity contribution >= 4 is 22.7 Å². The van der Waals surface area contributed by atoms with Crippen LogP contribution in [0.3, 0.4) is 0 Å². The molecule has 6 aromatic rings. The maximum atomic E-state index is 6.16. The number of hydrogen-bond acceptors (Lipinski definition) is 9. The van der Waals surface area contributed by atoms with Crippen LogP contribution in [0.1, 0.15) is 29.5 Å². The lowest BCUT2D eigenvalue weighted by atomic mass is 9.87. The van der Waals surface area contributed by atoms with Crippen LogP contribution in [0.2, 0.25) is 0 Å². The van der Waals surface area contributed by atoms with Crippen molar-refractivity contribution < 1.29 is 9.47 Å². The molecular weight excluding hydrogens is 566 g/mol. The highest BCUT2D eigenvalue weighted by Gasteiger charge is 2.34. The molecule has 5 heterocycles. The van der Waals surface area contributed by atoms with Crippen LogP contribution in [-0.4, -0.2) is 66.4 Å². The summed E-state index contributed by atoms with van der Waals surface area (Å²) in [5, 5.41) is 16.0. The molecule has 0 aliphatic carbocycles. The van der Waals surface area contributed by atoms with E-state index in [1.165, 1.54) is 17.5 Å². The van der Waals surface area contributed by atoms with Gasteiger partial charge in [0.25, 0.3) is 0 Å². The highest BCUT2D eigenvalue weighted by molar-refractivity contribution is 5.76. The zero-order valence-corrected chi connectivity index (χ0v) is 25.6. The number of ether oxygens (including phenoxy) is 2. The third-order valence-electron chi connectivity index (χ3n) is 8.59. The van der Waals surface area contributed by atoms with Crippen molar-refractivity contribution in [3.63, 3.8) is 0 Å². The van der Waals surface area contributed by atoms with Crippen molar-refractivity contribution in [3.05, 3.63) is 108 Å². The molecule has 1 saturated heterocycles. The zero-order valence-electron chi connectivity index (χ0n) is 25.6. The van der Waals surface area contributed by atoms with E-state index in [9.17, 15) is 0 Å². The molecule has 2 aromatic carbocycles. The number of piperidine rings is 1. The van der Waals surface area contributed by atoms with E-state index in [2.05, 4.69) is 78.2 Å². The lowest BCUT2D eigenvalue weighted by molar-refractivity contribution is 0.0505. The first-order valence-electron chi connectivity index (χ1n) is 15.2. The number of aryl methyl sites for hydroxylation is 1. The number of fused-ring (bicyclic) bond motifs is 2. The van der Waals surface area contributed by atoms with E-state index in [0.717, 1.165) is 73.0 Å². The van der Waals surface area contributed by atoms with Gasteiger partial charge in [0.05, 0.1) is 6.61 Å². The molecule has 1 fully saturated rings. The van der Waals surface area contributed by atoms with Gasteiger partial charge in [0.15, 0.2) is 11.5 Å². The Morgan fingerprint density at radius 1 is 0.889 bits per heavy atom.